The van der Waals surface area contributed by atoms with Crippen LogP contribution in [0.4, 0.5) is 34.1 Å². The minimum Gasteiger partial charge on any atom is -0.494 e. The molecule has 2 unspecified atom stereocenters. The summed E-state index contributed by atoms with van der Waals surface area (Å²) >= 11 is 30.7. The maximum atomic E-state index is 13.6. The van der Waals surface area contributed by atoms with E-state index in [1.54, 1.807) is 24.3 Å². The summed E-state index contributed by atoms with van der Waals surface area (Å²) in [7, 11) is 0. The van der Waals surface area contributed by atoms with Crippen LogP contribution < -0.4 is 30.7 Å². The fraction of sp³-hybridized carbons (Fsp3) is 0.280. The van der Waals surface area contributed by atoms with Crippen molar-refractivity contribution in [3.63, 3.8) is 0 Å². The van der Waals surface area contributed by atoms with Crippen LogP contribution >= 0.6 is 58.0 Å². The molecule has 0 aliphatic carbocycles. The second-order valence-corrected chi connectivity index (χ2v) is 17.4. The number of hydrogen-bond acceptors (Lipinski definition) is 12. The molecule has 5 aromatic carbocycles. The van der Waals surface area contributed by atoms with Crippen molar-refractivity contribution >= 4 is 127 Å². The third kappa shape index (κ3) is 16.3. The molecule has 0 aliphatic rings. The topological polar surface area (TPSA) is 218 Å². The number of azo groups is 2. The minimum absolute atomic E-state index is 0.0959. The molecule has 0 fully saturated rings. The lowest BCUT2D eigenvalue weighted by molar-refractivity contribution is -0.127. The van der Waals surface area contributed by atoms with E-state index in [-0.39, 0.29) is 56.2 Å². The Bertz CT molecular complexity index is 2850. The van der Waals surface area contributed by atoms with E-state index < -0.39 is 47.3 Å². The number of carbonyl (C=O) groups excluding carboxylic acids is 6. The number of carbonyl (C=O) groups is 6. The van der Waals surface area contributed by atoms with Gasteiger partial charge in [-0.1, -0.05) is 35.3 Å². The number of Topliss-reactive ketones (excluding diaryl/α,β-unsaturated/α-hetero) is 2. The minimum atomic E-state index is -1.61. The van der Waals surface area contributed by atoms with Gasteiger partial charge < -0.3 is 30.7 Å². The summed E-state index contributed by atoms with van der Waals surface area (Å²) in [5.41, 5.74) is 4.10. The van der Waals surface area contributed by atoms with Gasteiger partial charge in [-0.2, -0.15) is 20.5 Å². The van der Waals surface area contributed by atoms with E-state index >= 15 is 0 Å². The van der Waals surface area contributed by atoms with Gasteiger partial charge in [0.05, 0.1) is 24.6 Å². The number of amides is 4. The SMILES string of the molecule is CCOc1cc(NC(=O)c2cc(Cl)cc(N=NC(C(C)=O)C(=O)Nc3ccc(NC(=O)C(N=Nc4cc(Cl)cc(C(=O)Nc5ccc(CCCl)c(OCC)c5)c4)C(C)=O)c(CCCl)c3)c2)ccc1CCCl. The van der Waals surface area contributed by atoms with Crippen molar-refractivity contribution in [2.24, 2.45) is 20.5 Å². The number of anilines is 4. The first kappa shape index (κ1) is 55.5. The molecule has 4 amide bonds. The van der Waals surface area contributed by atoms with E-state index in [0.29, 0.717) is 66.3 Å². The Morgan fingerprint density at radius 2 is 0.915 bits per heavy atom. The second kappa shape index (κ2) is 27.2. The first-order chi connectivity index (χ1) is 34.0. The van der Waals surface area contributed by atoms with Gasteiger partial charge in [0.15, 0.2) is 11.6 Å². The molecular formula is C50H49Cl5N8O8. The predicted molar refractivity (Wildman–Crippen MR) is 279 cm³/mol. The zero-order chi connectivity index (χ0) is 51.6. The Labute approximate surface area is 435 Å². The summed E-state index contributed by atoms with van der Waals surface area (Å²) < 4.78 is 11.4. The molecule has 0 heterocycles. The molecule has 2 atom stereocenters. The molecule has 0 saturated carbocycles. The Morgan fingerprint density at radius 3 is 1.34 bits per heavy atom. The Kier molecular flexibility index (Phi) is 21.3. The summed E-state index contributed by atoms with van der Waals surface area (Å²) in [4.78, 5) is 79.1. The number of rotatable bonds is 24. The lowest BCUT2D eigenvalue weighted by Gasteiger charge is -2.15. The molecule has 0 aromatic heterocycles. The lowest BCUT2D eigenvalue weighted by Crippen LogP contribution is -2.32. The second-order valence-electron chi connectivity index (χ2n) is 15.4. The number of hydrogen-bond donors (Lipinski definition) is 4. The number of aryl methyl sites for hydroxylation is 3. The molecule has 21 heteroatoms. The van der Waals surface area contributed by atoms with Crippen LogP contribution in [-0.4, -0.2) is 78.1 Å². The molecule has 4 N–H and O–H groups in total. The van der Waals surface area contributed by atoms with Crippen LogP contribution in [0.2, 0.25) is 10.0 Å². The fourth-order valence-corrected chi connectivity index (χ4v) is 7.86. The summed E-state index contributed by atoms with van der Waals surface area (Å²) in [6.07, 6.45) is 1.37. The highest BCUT2D eigenvalue weighted by Crippen LogP contribution is 2.30. The summed E-state index contributed by atoms with van der Waals surface area (Å²) in [5.74, 6) is -1.89. The van der Waals surface area contributed by atoms with Crippen LogP contribution in [0.5, 0.6) is 11.5 Å². The number of nitrogens with zero attached hydrogens (tertiary/aromatic N) is 4. The monoisotopic (exact) mass is 1060 g/mol. The van der Waals surface area contributed by atoms with Crippen molar-refractivity contribution < 1.29 is 38.2 Å². The predicted octanol–water partition coefficient (Wildman–Crippen LogP) is 12.0. The standard InChI is InChI=1S/C50H49Cl5N8O8/c1-5-70-43-26-38(9-7-30(43)13-16-51)56-47(66)33-19-35(54)24-40(22-33)60-62-45(28(3)64)49(68)58-37-11-12-42(32(21-37)15-18-53)59-50(69)46(29(4)65)63-61-41-23-34(20-36(55)25-41)48(67)57-39-10-8-31(14-17-52)44(27-39)71-6-2/h7-12,19-27,45-46H,5-6,13-18H2,1-4H3,(H,56,66)(H,57,67)(H,58,68)(H,59,69). The maximum absolute atomic E-state index is 13.6. The zero-order valence-electron chi connectivity index (χ0n) is 38.9. The molecule has 0 radical (unpaired) electrons. The van der Waals surface area contributed by atoms with Crippen LogP contribution in [0.3, 0.4) is 0 Å². The van der Waals surface area contributed by atoms with Gasteiger partial charge in [-0.05, 0) is 130 Å². The van der Waals surface area contributed by atoms with E-state index in [9.17, 15) is 28.8 Å². The summed E-state index contributed by atoms with van der Waals surface area (Å²) in [6, 6.07) is 20.2. The molecule has 71 heavy (non-hydrogen) atoms. The van der Waals surface area contributed by atoms with Gasteiger partial charge in [-0.15, -0.1) is 34.8 Å². The number of alkyl halides is 3. The van der Waals surface area contributed by atoms with Crippen LogP contribution in [-0.2, 0) is 38.4 Å². The highest BCUT2D eigenvalue weighted by Gasteiger charge is 2.26. The van der Waals surface area contributed by atoms with Gasteiger partial charge in [0.2, 0.25) is 12.1 Å². The van der Waals surface area contributed by atoms with Crippen LogP contribution in [0.25, 0.3) is 0 Å². The Morgan fingerprint density at radius 1 is 0.507 bits per heavy atom. The average Bonchev–Trinajstić information content (AvgIpc) is 3.31. The normalized spacial score (nSPS) is 12.0. The highest BCUT2D eigenvalue weighted by molar-refractivity contribution is 6.32. The van der Waals surface area contributed by atoms with Crippen molar-refractivity contribution in [3.05, 3.63) is 129 Å². The van der Waals surface area contributed by atoms with Crippen molar-refractivity contribution in [2.75, 3.05) is 52.1 Å². The average molecular weight is 1070 g/mol. The van der Waals surface area contributed by atoms with E-state index in [0.717, 1.165) is 11.1 Å². The first-order valence-corrected chi connectivity index (χ1v) is 24.4. The largest absolute Gasteiger partial charge is 0.494 e. The van der Waals surface area contributed by atoms with Gasteiger partial charge in [0.25, 0.3) is 23.6 Å². The highest BCUT2D eigenvalue weighted by atomic mass is 35.5. The molecule has 0 aliphatic heterocycles. The summed E-state index contributed by atoms with van der Waals surface area (Å²) in [6.45, 7) is 6.87. The molecule has 0 spiro atoms. The van der Waals surface area contributed by atoms with Crippen LogP contribution in [0.15, 0.2) is 111 Å². The molecule has 16 nitrogen and oxygen atoms in total. The number of nitrogens with one attached hydrogen (secondary N) is 4. The molecule has 372 valence electrons. The summed E-state index contributed by atoms with van der Waals surface area (Å²) in [5, 5.41) is 27.4. The van der Waals surface area contributed by atoms with E-state index in [2.05, 4.69) is 41.7 Å². The molecule has 0 saturated heterocycles. The molecule has 0 bridgehead atoms. The van der Waals surface area contributed by atoms with E-state index in [1.807, 2.05) is 26.0 Å². The molecule has 5 rings (SSSR count). The number of benzene rings is 5. The molecular weight excluding hydrogens is 1020 g/mol. The molecule has 5 aromatic rings. The Balaban J connectivity index is 1.27. The number of ether oxygens (including phenoxy) is 2. The van der Waals surface area contributed by atoms with Crippen molar-refractivity contribution in [3.8, 4) is 11.5 Å². The maximum Gasteiger partial charge on any atom is 0.258 e. The number of ketones is 2. The smallest absolute Gasteiger partial charge is 0.258 e. The van der Waals surface area contributed by atoms with Gasteiger partial charge in [0.1, 0.15) is 11.5 Å². The quantitative estimate of drug-likeness (QED) is 0.0264. The third-order valence-corrected chi connectivity index (χ3v) is 11.1. The van der Waals surface area contributed by atoms with Crippen LogP contribution in [0, 0.1) is 0 Å². The van der Waals surface area contributed by atoms with Crippen LogP contribution in [0.1, 0.15) is 65.1 Å². The van der Waals surface area contributed by atoms with E-state index in [1.165, 1.54) is 68.4 Å². The fourth-order valence-electron chi connectivity index (χ4n) is 6.79. The van der Waals surface area contributed by atoms with Crippen molar-refractivity contribution in [1.82, 2.24) is 0 Å². The lowest BCUT2D eigenvalue weighted by atomic mass is 10.1. The Hall–Kier alpha value is -6.43. The van der Waals surface area contributed by atoms with E-state index in [4.69, 9.17) is 67.5 Å². The zero-order valence-corrected chi connectivity index (χ0v) is 42.7. The van der Waals surface area contributed by atoms with Gasteiger partial charge >= 0.3 is 0 Å². The van der Waals surface area contributed by atoms with Crippen molar-refractivity contribution in [1.29, 1.82) is 0 Å². The third-order valence-electron chi connectivity index (χ3n) is 10.1. The van der Waals surface area contributed by atoms with Crippen molar-refractivity contribution in [2.45, 2.75) is 59.0 Å². The first-order valence-electron chi connectivity index (χ1n) is 22.1. The van der Waals surface area contributed by atoms with Gasteiger partial charge in [-0.3, -0.25) is 28.8 Å². The van der Waals surface area contributed by atoms with Gasteiger partial charge in [0, 0.05) is 73.7 Å². The number of halogens is 5. The van der Waals surface area contributed by atoms with Gasteiger partial charge in [-0.25, -0.2) is 0 Å².